The van der Waals surface area contributed by atoms with Gasteiger partial charge in [0.15, 0.2) is 0 Å². The Kier molecular flexibility index (Phi) is 5.02. The normalized spacial score (nSPS) is 10.5. The third kappa shape index (κ3) is 4.00. The number of phenols is 1. The number of nitrogens with zero attached hydrogens (tertiary/aromatic N) is 1. The van der Waals surface area contributed by atoms with Gasteiger partial charge in [0.2, 0.25) is 0 Å². The lowest BCUT2D eigenvalue weighted by Crippen LogP contribution is -2.19. The second-order valence-electron chi connectivity index (χ2n) is 5.12. The first kappa shape index (κ1) is 14.4. The van der Waals surface area contributed by atoms with E-state index >= 15 is 0 Å². The molecule has 0 aliphatic rings. The lowest BCUT2D eigenvalue weighted by Gasteiger charge is -2.17. The predicted octanol–water partition coefficient (Wildman–Crippen LogP) is 2.79. The minimum Gasteiger partial charge on any atom is -0.508 e. The molecule has 2 aromatic rings. The molecule has 0 unspecified atom stereocenters. The van der Waals surface area contributed by atoms with Gasteiger partial charge in [0.25, 0.3) is 0 Å². The van der Waals surface area contributed by atoms with Crippen LogP contribution in [0.2, 0.25) is 0 Å². The summed E-state index contributed by atoms with van der Waals surface area (Å²) in [5.74, 6) is 0.321. The van der Waals surface area contributed by atoms with Gasteiger partial charge in [-0.1, -0.05) is 30.3 Å². The molecule has 0 aromatic heterocycles. The van der Waals surface area contributed by atoms with E-state index in [0.717, 1.165) is 19.5 Å². The molecule has 0 saturated carbocycles. The van der Waals surface area contributed by atoms with Crippen molar-refractivity contribution >= 4 is 5.69 Å². The van der Waals surface area contributed by atoms with Crippen LogP contribution in [0.3, 0.4) is 0 Å². The number of anilines is 1. The van der Waals surface area contributed by atoms with E-state index in [0.29, 0.717) is 5.75 Å². The maximum absolute atomic E-state index is 9.24. The summed E-state index contributed by atoms with van der Waals surface area (Å²) in [4.78, 5) is 2.14. The summed E-state index contributed by atoms with van der Waals surface area (Å²) in [6.45, 7) is 1.79. The molecule has 0 atom stereocenters. The molecule has 0 fully saturated rings. The lowest BCUT2D eigenvalue weighted by atomic mass is 10.1. The van der Waals surface area contributed by atoms with E-state index in [4.69, 9.17) is 0 Å². The number of nitrogens with one attached hydrogen (secondary N) is 1. The molecule has 106 valence electrons. The van der Waals surface area contributed by atoms with Gasteiger partial charge < -0.3 is 15.3 Å². The largest absolute Gasteiger partial charge is 0.508 e. The van der Waals surface area contributed by atoms with Crippen LogP contribution in [-0.4, -0.2) is 25.7 Å². The van der Waals surface area contributed by atoms with Gasteiger partial charge in [0.1, 0.15) is 5.75 Å². The van der Waals surface area contributed by atoms with Crippen molar-refractivity contribution in [1.82, 2.24) is 5.32 Å². The highest BCUT2D eigenvalue weighted by molar-refractivity contribution is 5.52. The van der Waals surface area contributed by atoms with E-state index in [2.05, 4.69) is 48.6 Å². The number of hydrogen-bond acceptors (Lipinski definition) is 3. The molecule has 2 aromatic carbocycles. The highest BCUT2D eigenvalue weighted by Crippen LogP contribution is 2.17. The number of rotatable bonds is 6. The Balaban J connectivity index is 1.83. The standard InChI is InChI=1S/C17H22N2O/c1-19(2)17-6-4-3-5-15(17)13-18-12-11-14-7-9-16(20)10-8-14/h3-10,18,20H,11-13H2,1-2H3. The topological polar surface area (TPSA) is 35.5 Å². The minimum atomic E-state index is 0.321. The summed E-state index contributed by atoms with van der Waals surface area (Å²) in [7, 11) is 4.13. The fourth-order valence-corrected chi connectivity index (χ4v) is 2.21. The Bertz CT molecular complexity index is 535. The smallest absolute Gasteiger partial charge is 0.115 e. The number of aromatic hydroxyl groups is 1. The molecule has 2 rings (SSSR count). The zero-order chi connectivity index (χ0) is 14.4. The van der Waals surface area contributed by atoms with Crippen LogP contribution in [0.15, 0.2) is 48.5 Å². The van der Waals surface area contributed by atoms with E-state index in [1.54, 1.807) is 12.1 Å². The van der Waals surface area contributed by atoms with Crippen molar-refractivity contribution in [1.29, 1.82) is 0 Å². The molecular weight excluding hydrogens is 248 g/mol. The quantitative estimate of drug-likeness (QED) is 0.792. The van der Waals surface area contributed by atoms with Crippen molar-refractivity contribution in [2.45, 2.75) is 13.0 Å². The molecular formula is C17H22N2O. The van der Waals surface area contributed by atoms with Gasteiger partial charge in [0, 0.05) is 26.3 Å². The maximum Gasteiger partial charge on any atom is 0.115 e. The fourth-order valence-electron chi connectivity index (χ4n) is 2.21. The van der Waals surface area contributed by atoms with Crippen molar-refractivity contribution in [2.75, 3.05) is 25.5 Å². The molecule has 0 spiro atoms. The van der Waals surface area contributed by atoms with Crippen LogP contribution in [0.25, 0.3) is 0 Å². The Morgan fingerprint density at radius 3 is 2.40 bits per heavy atom. The van der Waals surface area contributed by atoms with E-state index < -0.39 is 0 Å². The molecule has 2 N–H and O–H groups in total. The van der Waals surface area contributed by atoms with Crippen LogP contribution < -0.4 is 10.2 Å². The van der Waals surface area contributed by atoms with E-state index in [1.165, 1.54) is 16.8 Å². The van der Waals surface area contributed by atoms with Gasteiger partial charge in [-0.25, -0.2) is 0 Å². The van der Waals surface area contributed by atoms with Crippen LogP contribution in [0.5, 0.6) is 5.75 Å². The molecule has 0 saturated heterocycles. The van der Waals surface area contributed by atoms with Crippen molar-refractivity contribution in [3.05, 3.63) is 59.7 Å². The van der Waals surface area contributed by atoms with Crippen molar-refractivity contribution < 1.29 is 5.11 Å². The first-order valence-electron chi connectivity index (χ1n) is 6.90. The van der Waals surface area contributed by atoms with Crippen LogP contribution in [0, 0.1) is 0 Å². The van der Waals surface area contributed by atoms with Gasteiger partial charge in [0.05, 0.1) is 0 Å². The zero-order valence-electron chi connectivity index (χ0n) is 12.1. The zero-order valence-corrected chi connectivity index (χ0v) is 12.1. The Hall–Kier alpha value is -2.00. The average Bonchev–Trinajstić information content (AvgIpc) is 2.46. The van der Waals surface area contributed by atoms with Gasteiger partial charge in [-0.05, 0) is 42.3 Å². The summed E-state index contributed by atoms with van der Waals surface area (Å²) in [5.41, 5.74) is 3.80. The van der Waals surface area contributed by atoms with Crippen molar-refractivity contribution in [2.24, 2.45) is 0 Å². The Morgan fingerprint density at radius 1 is 1.00 bits per heavy atom. The number of para-hydroxylation sites is 1. The monoisotopic (exact) mass is 270 g/mol. The Labute approximate surface area is 120 Å². The summed E-state index contributed by atoms with van der Waals surface area (Å²) < 4.78 is 0. The molecule has 0 heterocycles. The van der Waals surface area contributed by atoms with Crippen LogP contribution >= 0.6 is 0 Å². The van der Waals surface area contributed by atoms with Crippen LogP contribution in [0.1, 0.15) is 11.1 Å². The van der Waals surface area contributed by atoms with E-state index in [9.17, 15) is 5.11 Å². The molecule has 0 bridgehead atoms. The molecule has 0 amide bonds. The highest BCUT2D eigenvalue weighted by Gasteiger charge is 2.02. The number of benzene rings is 2. The third-order valence-corrected chi connectivity index (χ3v) is 3.32. The van der Waals surface area contributed by atoms with E-state index in [1.807, 2.05) is 12.1 Å². The molecule has 20 heavy (non-hydrogen) atoms. The second-order valence-corrected chi connectivity index (χ2v) is 5.12. The molecule has 0 aliphatic heterocycles. The van der Waals surface area contributed by atoms with Gasteiger partial charge in [-0.3, -0.25) is 0 Å². The first-order chi connectivity index (χ1) is 9.66. The molecule has 0 aliphatic carbocycles. The summed E-state index contributed by atoms with van der Waals surface area (Å²) in [5, 5.41) is 12.7. The highest BCUT2D eigenvalue weighted by atomic mass is 16.3. The predicted molar refractivity (Wildman–Crippen MR) is 84.3 cm³/mol. The summed E-state index contributed by atoms with van der Waals surface area (Å²) in [6.07, 6.45) is 0.963. The summed E-state index contributed by atoms with van der Waals surface area (Å²) >= 11 is 0. The molecule has 0 radical (unpaired) electrons. The van der Waals surface area contributed by atoms with Gasteiger partial charge in [-0.2, -0.15) is 0 Å². The lowest BCUT2D eigenvalue weighted by molar-refractivity contribution is 0.475. The third-order valence-electron chi connectivity index (χ3n) is 3.32. The van der Waals surface area contributed by atoms with E-state index in [-0.39, 0.29) is 0 Å². The van der Waals surface area contributed by atoms with Crippen molar-refractivity contribution in [3.63, 3.8) is 0 Å². The van der Waals surface area contributed by atoms with Crippen LogP contribution in [0.4, 0.5) is 5.69 Å². The maximum atomic E-state index is 9.24. The fraction of sp³-hybridized carbons (Fsp3) is 0.294. The average molecular weight is 270 g/mol. The number of hydrogen-bond donors (Lipinski definition) is 2. The number of phenolic OH excluding ortho intramolecular Hbond substituents is 1. The Morgan fingerprint density at radius 2 is 1.70 bits per heavy atom. The minimum absolute atomic E-state index is 0.321. The van der Waals surface area contributed by atoms with Crippen molar-refractivity contribution in [3.8, 4) is 5.75 Å². The van der Waals surface area contributed by atoms with Crippen LogP contribution in [-0.2, 0) is 13.0 Å². The summed E-state index contributed by atoms with van der Waals surface area (Å²) in [6, 6.07) is 15.8. The van der Waals surface area contributed by atoms with Gasteiger partial charge in [-0.15, -0.1) is 0 Å². The van der Waals surface area contributed by atoms with Gasteiger partial charge >= 0.3 is 0 Å². The molecule has 3 heteroatoms. The SMILES string of the molecule is CN(C)c1ccccc1CNCCc1ccc(O)cc1. The first-order valence-corrected chi connectivity index (χ1v) is 6.90. The molecule has 3 nitrogen and oxygen atoms in total. The second kappa shape index (κ2) is 6.96.